The lowest BCUT2D eigenvalue weighted by molar-refractivity contribution is 0.275. The van der Waals surface area contributed by atoms with Crippen molar-refractivity contribution in [3.05, 3.63) is 45.0 Å². The van der Waals surface area contributed by atoms with E-state index in [0.717, 1.165) is 0 Å². The van der Waals surface area contributed by atoms with E-state index < -0.39 is 0 Å². The van der Waals surface area contributed by atoms with Crippen LogP contribution in [0.2, 0.25) is 0 Å². The topological polar surface area (TPSA) is 75.1 Å². The first-order chi connectivity index (χ1) is 7.74. The number of hydrogen-bond acceptors (Lipinski definition) is 3. The first kappa shape index (κ1) is 10.6. The van der Waals surface area contributed by atoms with Gasteiger partial charge in [0.25, 0.3) is 11.1 Å². The van der Waals surface area contributed by atoms with Gasteiger partial charge < -0.3 is 5.11 Å². The molecule has 0 saturated carbocycles. The smallest absolute Gasteiger partial charge is 0.273 e. The van der Waals surface area contributed by atoms with E-state index in [9.17, 15) is 9.59 Å². The van der Waals surface area contributed by atoms with Crippen molar-refractivity contribution in [1.82, 2.24) is 9.78 Å². The zero-order valence-electron chi connectivity index (χ0n) is 8.64. The zero-order valence-corrected chi connectivity index (χ0v) is 8.64. The fourth-order valence-electron chi connectivity index (χ4n) is 1.63. The first-order valence-corrected chi connectivity index (χ1v) is 5.07. The number of rotatable bonds is 3. The predicted molar refractivity (Wildman–Crippen MR) is 60.5 cm³/mol. The highest BCUT2D eigenvalue weighted by Gasteiger charge is 2.05. The number of aliphatic hydroxyl groups is 1. The lowest BCUT2D eigenvalue weighted by atomic mass is 10.2. The fourth-order valence-corrected chi connectivity index (χ4v) is 1.63. The number of hydrogen-bond donors (Lipinski definition) is 2. The molecule has 0 aliphatic carbocycles. The minimum atomic E-state index is -0.284. The van der Waals surface area contributed by atoms with Crippen molar-refractivity contribution in [2.75, 3.05) is 6.61 Å². The van der Waals surface area contributed by atoms with Gasteiger partial charge in [0, 0.05) is 13.2 Å². The summed E-state index contributed by atoms with van der Waals surface area (Å²) in [4.78, 5) is 23.5. The molecule has 0 aliphatic rings. The third kappa shape index (κ3) is 1.77. The lowest BCUT2D eigenvalue weighted by Crippen LogP contribution is -2.30. The number of fused-ring (bicyclic) bond motifs is 1. The molecule has 1 aromatic heterocycles. The minimum absolute atomic E-state index is 0.0126. The van der Waals surface area contributed by atoms with Crippen LogP contribution in [0.5, 0.6) is 0 Å². The van der Waals surface area contributed by atoms with Crippen LogP contribution in [0.4, 0.5) is 0 Å². The molecule has 5 nitrogen and oxygen atoms in total. The molecule has 2 N–H and O–H groups in total. The number of benzene rings is 1. The van der Waals surface area contributed by atoms with Gasteiger partial charge in [0.15, 0.2) is 0 Å². The average Bonchev–Trinajstić information content (AvgIpc) is 2.32. The molecule has 1 heterocycles. The number of H-pyrrole nitrogens is 1. The summed E-state index contributed by atoms with van der Waals surface area (Å²) in [7, 11) is 0. The number of aromatic amines is 1. The highest BCUT2D eigenvalue weighted by Crippen LogP contribution is 2.02. The summed E-state index contributed by atoms with van der Waals surface area (Å²) in [6.07, 6.45) is 0.439. The monoisotopic (exact) mass is 220 g/mol. The number of nitrogens with one attached hydrogen (secondary N) is 1. The highest BCUT2D eigenvalue weighted by molar-refractivity contribution is 5.80. The maximum Gasteiger partial charge on any atom is 0.273 e. The molecular weight excluding hydrogens is 208 g/mol. The number of nitrogens with zero attached hydrogens (tertiary/aromatic N) is 1. The average molecular weight is 220 g/mol. The van der Waals surface area contributed by atoms with Crippen LogP contribution in [-0.2, 0) is 6.54 Å². The Morgan fingerprint density at radius 1 is 1.19 bits per heavy atom. The largest absolute Gasteiger partial charge is 0.396 e. The summed E-state index contributed by atoms with van der Waals surface area (Å²) in [6, 6.07) is 6.68. The van der Waals surface area contributed by atoms with Crippen molar-refractivity contribution in [3.8, 4) is 0 Å². The van der Waals surface area contributed by atoms with E-state index in [1.54, 1.807) is 24.3 Å². The highest BCUT2D eigenvalue weighted by atomic mass is 16.3. The summed E-state index contributed by atoms with van der Waals surface area (Å²) >= 11 is 0. The van der Waals surface area contributed by atoms with Crippen molar-refractivity contribution < 1.29 is 5.11 Å². The van der Waals surface area contributed by atoms with Crippen LogP contribution in [0, 0.1) is 0 Å². The van der Waals surface area contributed by atoms with Gasteiger partial charge in [-0.1, -0.05) is 12.1 Å². The van der Waals surface area contributed by atoms with Gasteiger partial charge in [-0.15, -0.1) is 0 Å². The van der Waals surface area contributed by atoms with Crippen LogP contribution < -0.4 is 11.1 Å². The molecule has 84 valence electrons. The van der Waals surface area contributed by atoms with Crippen molar-refractivity contribution in [3.63, 3.8) is 0 Å². The van der Waals surface area contributed by atoms with E-state index in [0.29, 0.717) is 23.7 Å². The van der Waals surface area contributed by atoms with Gasteiger partial charge in [-0.2, -0.15) is 0 Å². The molecule has 0 atom stereocenters. The normalized spacial score (nSPS) is 10.8. The second-order valence-electron chi connectivity index (χ2n) is 3.52. The Labute approximate surface area is 90.9 Å². The van der Waals surface area contributed by atoms with E-state index >= 15 is 0 Å². The van der Waals surface area contributed by atoms with Gasteiger partial charge in [-0.3, -0.25) is 14.7 Å². The van der Waals surface area contributed by atoms with E-state index in [2.05, 4.69) is 5.10 Å². The fraction of sp³-hybridized carbons (Fsp3) is 0.273. The van der Waals surface area contributed by atoms with Crippen LogP contribution in [0.1, 0.15) is 6.42 Å². The molecule has 5 heteroatoms. The maximum absolute atomic E-state index is 11.9. The third-order valence-corrected chi connectivity index (χ3v) is 2.42. The summed E-state index contributed by atoms with van der Waals surface area (Å²) < 4.78 is 1.24. The van der Waals surface area contributed by atoms with E-state index in [4.69, 9.17) is 5.11 Å². The van der Waals surface area contributed by atoms with Gasteiger partial charge in [-0.25, -0.2) is 4.68 Å². The molecule has 0 spiro atoms. The van der Waals surface area contributed by atoms with Crippen LogP contribution in [0.25, 0.3) is 10.8 Å². The molecule has 0 saturated heterocycles. The van der Waals surface area contributed by atoms with Crippen molar-refractivity contribution in [1.29, 1.82) is 0 Å². The standard InChI is InChI=1S/C11H12N2O3/c14-7-3-6-13-11(16)9-5-2-1-4-8(9)10(15)12-13/h1-2,4-5,14H,3,6-7H2,(H,12,15). The molecule has 0 aliphatic heterocycles. The van der Waals surface area contributed by atoms with E-state index in [-0.39, 0.29) is 17.7 Å². The summed E-state index contributed by atoms with van der Waals surface area (Å²) in [6.45, 7) is 0.302. The SMILES string of the molecule is O=c1[nH]n(CCCO)c(=O)c2ccccc12. The number of aliphatic hydroxyl groups excluding tert-OH is 1. The number of aromatic nitrogens is 2. The molecule has 0 bridgehead atoms. The van der Waals surface area contributed by atoms with Crippen LogP contribution in [0.3, 0.4) is 0 Å². The Balaban J connectivity index is 2.66. The Hall–Kier alpha value is -1.88. The first-order valence-electron chi connectivity index (χ1n) is 5.07. The van der Waals surface area contributed by atoms with Gasteiger partial charge in [0.1, 0.15) is 0 Å². The summed E-state index contributed by atoms with van der Waals surface area (Å²) in [5.74, 6) is 0. The Bertz CT molecular complexity index is 612. The molecule has 0 radical (unpaired) electrons. The number of aryl methyl sites for hydroxylation is 1. The lowest BCUT2D eigenvalue weighted by Gasteiger charge is -2.05. The molecule has 0 amide bonds. The zero-order chi connectivity index (χ0) is 11.5. The summed E-state index contributed by atoms with van der Waals surface area (Å²) in [5, 5.41) is 12.0. The molecular formula is C11H12N2O3. The van der Waals surface area contributed by atoms with Crippen LogP contribution >= 0.6 is 0 Å². The molecule has 2 rings (SSSR count). The van der Waals surface area contributed by atoms with Gasteiger partial charge in [-0.05, 0) is 18.6 Å². The molecule has 16 heavy (non-hydrogen) atoms. The quantitative estimate of drug-likeness (QED) is 0.768. The van der Waals surface area contributed by atoms with Gasteiger partial charge >= 0.3 is 0 Å². The van der Waals surface area contributed by atoms with Crippen molar-refractivity contribution >= 4 is 10.8 Å². The van der Waals surface area contributed by atoms with Crippen LogP contribution in [-0.4, -0.2) is 21.5 Å². The van der Waals surface area contributed by atoms with Crippen LogP contribution in [0.15, 0.2) is 33.9 Å². The van der Waals surface area contributed by atoms with Gasteiger partial charge in [0.05, 0.1) is 10.8 Å². The summed E-state index contributed by atoms with van der Waals surface area (Å²) in [5.41, 5.74) is -0.517. The molecule has 2 aromatic rings. The molecule has 0 unspecified atom stereocenters. The second-order valence-corrected chi connectivity index (χ2v) is 3.52. The molecule has 1 aromatic carbocycles. The van der Waals surface area contributed by atoms with Gasteiger partial charge in [0.2, 0.25) is 0 Å². The predicted octanol–water partition coefficient (Wildman–Crippen LogP) is 0.0722. The third-order valence-electron chi connectivity index (χ3n) is 2.42. The van der Waals surface area contributed by atoms with E-state index in [1.807, 2.05) is 0 Å². The van der Waals surface area contributed by atoms with Crippen molar-refractivity contribution in [2.24, 2.45) is 0 Å². The Morgan fingerprint density at radius 2 is 1.88 bits per heavy atom. The van der Waals surface area contributed by atoms with E-state index in [1.165, 1.54) is 4.68 Å². The van der Waals surface area contributed by atoms with Crippen molar-refractivity contribution in [2.45, 2.75) is 13.0 Å². The Kier molecular flexibility index (Phi) is 2.87. The Morgan fingerprint density at radius 3 is 2.56 bits per heavy atom. The minimum Gasteiger partial charge on any atom is -0.396 e. The molecule has 0 fully saturated rings. The second kappa shape index (κ2) is 4.32. The maximum atomic E-state index is 11.9.